The molecule has 0 unspecified atom stereocenters. The lowest BCUT2D eigenvalue weighted by Crippen LogP contribution is -2.21. The smallest absolute Gasteiger partial charge is 0.435 e. The Bertz CT molecular complexity index is 1090. The third-order valence-corrected chi connectivity index (χ3v) is 3.70. The lowest BCUT2D eigenvalue weighted by atomic mass is 10.2. The van der Waals surface area contributed by atoms with Crippen LogP contribution in [-0.2, 0) is 6.18 Å². The van der Waals surface area contributed by atoms with Crippen LogP contribution in [0.25, 0.3) is 5.69 Å². The number of hydrogen-bond donors (Lipinski definition) is 1. The van der Waals surface area contributed by atoms with Gasteiger partial charge in [0.15, 0.2) is 18.0 Å². The van der Waals surface area contributed by atoms with Gasteiger partial charge in [0.25, 0.3) is 5.91 Å². The minimum Gasteiger partial charge on any atom is -0.484 e. The summed E-state index contributed by atoms with van der Waals surface area (Å²) in [5.41, 5.74) is -3.13. The second kappa shape index (κ2) is 8.24. The zero-order valence-electron chi connectivity index (χ0n) is 15.1. The highest BCUT2D eigenvalue weighted by Crippen LogP contribution is 2.33. The molecule has 0 radical (unpaired) electrons. The van der Waals surface area contributed by atoms with Crippen LogP contribution in [-0.4, -0.2) is 33.7 Å². The highest BCUT2D eigenvalue weighted by atomic mass is 19.4. The fourth-order valence-corrected chi connectivity index (χ4v) is 2.50. The molecular formula is C18H11F7N4O2. The van der Waals surface area contributed by atoms with Gasteiger partial charge in [0, 0.05) is 11.8 Å². The molecule has 164 valence electrons. The van der Waals surface area contributed by atoms with E-state index in [1.807, 2.05) is 0 Å². The van der Waals surface area contributed by atoms with Crippen LogP contribution in [0.4, 0.5) is 36.4 Å². The van der Waals surface area contributed by atoms with Crippen molar-refractivity contribution in [3.63, 3.8) is 0 Å². The topological polar surface area (TPSA) is 69.0 Å². The van der Waals surface area contributed by atoms with Crippen LogP contribution in [0.3, 0.4) is 0 Å². The Morgan fingerprint density at radius 2 is 1.74 bits per heavy atom. The largest absolute Gasteiger partial charge is 0.484 e. The minimum absolute atomic E-state index is 0.141. The summed E-state index contributed by atoms with van der Waals surface area (Å²) in [7, 11) is 0. The molecule has 31 heavy (non-hydrogen) atoms. The van der Waals surface area contributed by atoms with Crippen LogP contribution in [0.2, 0.25) is 0 Å². The maximum absolute atomic E-state index is 13.6. The van der Waals surface area contributed by atoms with Gasteiger partial charge in [-0.2, -0.15) is 26.3 Å². The number of aromatic nitrogens is 3. The molecule has 2 aromatic carbocycles. The summed E-state index contributed by atoms with van der Waals surface area (Å²) < 4.78 is 95.8. The molecule has 3 rings (SSSR count). The van der Waals surface area contributed by atoms with Crippen molar-refractivity contribution in [1.82, 2.24) is 15.0 Å². The Hall–Kier alpha value is -3.64. The molecule has 0 saturated carbocycles. The molecule has 1 N–H and O–H groups in total. The van der Waals surface area contributed by atoms with Crippen LogP contribution < -0.4 is 10.1 Å². The molecule has 0 aliphatic carbocycles. The van der Waals surface area contributed by atoms with Crippen LogP contribution in [0.15, 0.2) is 48.5 Å². The average molecular weight is 448 g/mol. The molecule has 1 aromatic heterocycles. The molecule has 0 bridgehead atoms. The van der Waals surface area contributed by atoms with E-state index >= 15 is 0 Å². The Kier molecular flexibility index (Phi) is 5.86. The van der Waals surface area contributed by atoms with Crippen LogP contribution in [0.1, 0.15) is 16.2 Å². The van der Waals surface area contributed by atoms with E-state index in [9.17, 15) is 35.5 Å². The predicted molar refractivity (Wildman–Crippen MR) is 92.3 cm³/mol. The van der Waals surface area contributed by atoms with Gasteiger partial charge in [-0.05, 0) is 30.3 Å². The second-order valence-corrected chi connectivity index (χ2v) is 6.06. The molecule has 0 spiro atoms. The number of carbonyl (C=O) groups excluding carboxylic acids is 1. The van der Waals surface area contributed by atoms with Gasteiger partial charge in [0.1, 0.15) is 11.6 Å². The van der Waals surface area contributed by atoms with Gasteiger partial charge < -0.3 is 10.1 Å². The number of nitrogens with one attached hydrogen (secondary N) is 1. The second-order valence-electron chi connectivity index (χ2n) is 6.06. The lowest BCUT2D eigenvalue weighted by molar-refractivity contribution is -0.153. The Balaban J connectivity index is 1.89. The molecule has 0 saturated heterocycles. The highest BCUT2D eigenvalue weighted by molar-refractivity contribution is 6.03. The predicted octanol–water partition coefficient (Wildman–Crippen LogP) is 4.62. The van der Waals surface area contributed by atoms with Gasteiger partial charge in [-0.25, -0.2) is 9.07 Å². The van der Waals surface area contributed by atoms with Crippen molar-refractivity contribution in [2.45, 2.75) is 12.4 Å². The van der Waals surface area contributed by atoms with Crippen molar-refractivity contribution in [3.8, 4) is 11.4 Å². The standard InChI is InChI=1S/C18H11F7N4O2/c19-10-3-1-5-12(7-10)29-15(18(23,24)25)14(27-28-29)16(30)26-11-4-2-6-13(8-11)31-9-17(20,21)22/h1-8H,9H2,(H,26,30). The molecule has 0 aliphatic heterocycles. The van der Waals surface area contributed by atoms with E-state index in [1.54, 1.807) is 0 Å². The number of carbonyl (C=O) groups is 1. The SMILES string of the molecule is O=C(Nc1cccc(OCC(F)(F)F)c1)c1nnn(-c2cccc(F)c2)c1C(F)(F)F. The number of ether oxygens (including phenoxy) is 1. The van der Waals surface area contributed by atoms with Crippen LogP contribution >= 0.6 is 0 Å². The first-order chi connectivity index (χ1) is 14.4. The first kappa shape index (κ1) is 22.1. The van der Waals surface area contributed by atoms with Crippen molar-refractivity contribution in [2.24, 2.45) is 0 Å². The summed E-state index contributed by atoms with van der Waals surface area (Å²) in [4.78, 5) is 12.4. The third-order valence-electron chi connectivity index (χ3n) is 3.70. The van der Waals surface area contributed by atoms with Gasteiger partial charge in [-0.15, -0.1) is 5.10 Å². The third kappa shape index (κ3) is 5.49. The first-order valence-corrected chi connectivity index (χ1v) is 8.34. The highest BCUT2D eigenvalue weighted by Gasteiger charge is 2.42. The van der Waals surface area contributed by atoms with E-state index in [2.05, 4.69) is 20.4 Å². The zero-order chi connectivity index (χ0) is 22.8. The van der Waals surface area contributed by atoms with Crippen LogP contribution in [0, 0.1) is 5.82 Å². The van der Waals surface area contributed by atoms with E-state index in [-0.39, 0.29) is 21.8 Å². The number of hydrogen-bond acceptors (Lipinski definition) is 4. The summed E-state index contributed by atoms with van der Waals surface area (Å²) >= 11 is 0. The van der Waals surface area contributed by atoms with Gasteiger partial charge >= 0.3 is 12.4 Å². The average Bonchev–Trinajstić information content (AvgIpc) is 3.12. The number of halogens is 7. The van der Waals surface area contributed by atoms with Gasteiger partial charge in [0.2, 0.25) is 0 Å². The van der Waals surface area contributed by atoms with E-state index in [0.717, 1.165) is 30.3 Å². The summed E-state index contributed by atoms with van der Waals surface area (Å²) in [6, 6.07) is 8.69. The molecule has 1 amide bonds. The normalized spacial score (nSPS) is 12.0. The first-order valence-electron chi connectivity index (χ1n) is 8.34. The van der Waals surface area contributed by atoms with Gasteiger partial charge in [-0.3, -0.25) is 4.79 Å². The van der Waals surface area contributed by atoms with Crippen molar-refractivity contribution >= 4 is 11.6 Å². The maximum Gasteiger partial charge on any atom is 0.435 e. The van der Waals surface area contributed by atoms with E-state index in [4.69, 9.17) is 0 Å². The quantitative estimate of drug-likeness (QED) is 0.579. The molecule has 13 heteroatoms. The monoisotopic (exact) mass is 448 g/mol. The number of amides is 1. The molecule has 0 fully saturated rings. The Morgan fingerprint density at radius 3 is 2.39 bits per heavy atom. The number of benzene rings is 2. The number of anilines is 1. The number of nitrogens with zero attached hydrogens (tertiary/aromatic N) is 3. The molecule has 1 heterocycles. The molecule has 0 atom stereocenters. The van der Waals surface area contributed by atoms with Crippen molar-refractivity contribution in [3.05, 3.63) is 65.7 Å². The number of alkyl halides is 6. The Morgan fingerprint density at radius 1 is 1.03 bits per heavy atom. The fourth-order valence-electron chi connectivity index (χ4n) is 2.50. The van der Waals surface area contributed by atoms with Crippen molar-refractivity contribution in [2.75, 3.05) is 11.9 Å². The van der Waals surface area contributed by atoms with E-state index < -0.39 is 42.1 Å². The number of rotatable bonds is 5. The summed E-state index contributed by atoms with van der Waals surface area (Å²) in [5, 5.41) is 8.65. The van der Waals surface area contributed by atoms with Gasteiger partial charge in [-0.1, -0.05) is 17.3 Å². The van der Waals surface area contributed by atoms with E-state index in [1.165, 1.54) is 18.2 Å². The van der Waals surface area contributed by atoms with Crippen molar-refractivity contribution in [1.29, 1.82) is 0 Å². The zero-order valence-corrected chi connectivity index (χ0v) is 15.1. The molecular weight excluding hydrogens is 437 g/mol. The summed E-state index contributed by atoms with van der Waals surface area (Å²) in [5.74, 6) is -2.43. The molecule has 0 aliphatic rings. The Labute approximate surface area is 169 Å². The fraction of sp³-hybridized carbons (Fsp3) is 0.167. The molecule has 6 nitrogen and oxygen atoms in total. The summed E-state index contributed by atoms with van der Waals surface area (Å²) in [6.45, 7) is -1.59. The van der Waals surface area contributed by atoms with Gasteiger partial charge in [0.05, 0.1) is 5.69 Å². The minimum atomic E-state index is -5.08. The van der Waals surface area contributed by atoms with E-state index in [0.29, 0.717) is 0 Å². The maximum atomic E-state index is 13.6. The summed E-state index contributed by atoms with van der Waals surface area (Å²) in [6.07, 6.45) is -9.68. The van der Waals surface area contributed by atoms with Crippen LogP contribution in [0.5, 0.6) is 5.75 Å². The molecule has 3 aromatic rings. The lowest BCUT2D eigenvalue weighted by Gasteiger charge is -2.12. The van der Waals surface area contributed by atoms with Crippen molar-refractivity contribution < 1.29 is 40.3 Å².